The van der Waals surface area contributed by atoms with E-state index in [1.54, 1.807) is 12.1 Å². The molecule has 5 N–H and O–H groups in total. The number of hydrogen-bond acceptors (Lipinski definition) is 4. The van der Waals surface area contributed by atoms with Gasteiger partial charge in [-0.15, -0.1) is 0 Å². The molecule has 1 fully saturated rings. The van der Waals surface area contributed by atoms with Crippen LogP contribution in [-0.2, 0) is 4.79 Å². The summed E-state index contributed by atoms with van der Waals surface area (Å²) in [6.07, 6.45) is 3.85. The molecule has 0 spiro atoms. The molecule has 0 saturated carbocycles. The molecule has 0 unspecified atom stereocenters. The van der Waals surface area contributed by atoms with Crippen molar-refractivity contribution in [2.45, 2.75) is 25.7 Å². The Morgan fingerprint density at radius 1 is 1.19 bits per heavy atom. The first kappa shape index (κ1) is 15.2. The number of benzene rings is 1. The predicted molar refractivity (Wildman–Crippen MR) is 82.9 cm³/mol. The van der Waals surface area contributed by atoms with Crippen LogP contribution in [0, 0.1) is 0 Å². The monoisotopic (exact) mass is 290 g/mol. The highest BCUT2D eigenvalue weighted by Gasteiger charge is 2.15. The Bertz CT molecular complexity index is 524. The molecule has 1 aliphatic rings. The molecule has 2 amide bonds. The molecule has 1 heterocycles. The maximum Gasteiger partial charge on any atom is 0.248 e. The lowest BCUT2D eigenvalue weighted by Gasteiger charge is -2.26. The van der Waals surface area contributed by atoms with Crippen LogP contribution in [0.1, 0.15) is 36.0 Å². The Morgan fingerprint density at radius 2 is 1.90 bits per heavy atom. The average molecular weight is 290 g/mol. The Kier molecular flexibility index (Phi) is 5.03. The second kappa shape index (κ2) is 6.97. The number of nitrogens with two attached hydrogens (primary N) is 2. The van der Waals surface area contributed by atoms with Gasteiger partial charge in [-0.1, -0.05) is 0 Å². The van der Waals surface area contributed by atoms with E-state index in [9.17, 15) is 9.59 Å². The van der Waals surface area contributed by atoms with Crippen molar-refractivity contribution in [2.24, 2.45) is 5.73 Å². The smallest absolute Gasteiger partial charge is 0.248 e. The van der Waals surface area contributed by atoms with E-state index in [1.807, 2.05) is 4.90 Å². The summed E-state index contributed by atoms with van der Waals surface area (Å²) in [4.78, 5) is 25.0. The molecule has 0 atom stereocenters. The van der Waals surface area contributed by atoms with E-state index in [-0.39, 0.29) is 5.91 Å². The minimum atomic E-state index is -0.506. The summed E-state index contributed by atoms with van der Waals surface area (Å²) >= 11 is 0. The van der Waals surface area contributed by atoms with E-state index >= 15 is 0 Å². The van der Waals surface area contributed by atoms with Gasteiger partial charge in [0, 0.05) is 31.6 Å². The number of likely N-dealkylation sites (tertiary alicyclic amines) is 1. The number of carbonyl (C=O) groups is 2. The molecule has 6 nitrogen and oxygen atoms in total. The van der Waals surface area contributed by atoms with Crippen molar-refractivity contribution >= 4 is 23.2 Å². The largest absolute Gasteiger partial charge is 0.397 e. The molecule has 0 radical (unpaired) electrons. The SMILES string of the molecule is NC(=O)c1ccc(NCCC(=O)N2CCCCC2)c(N)c1. The Hall–Kier alpha value is -2.24. The summed E-state index contributed by atoms with van der Waals surface area (Å²) in [5.41, 5.74) is 12.6. The highest BCUT2D eigenvalue weighted by molar-refractivity contribution is 5.94. The molecule has 1 aromatic rings. The van der Waals surface area contributed by atoms with E-state index in [0.29, 0.717) is 29.9 Å². The number of nitrogen functional groups attached to an aromatic ring is 1. The second-order valence-electron chi connectivity index (χ2n) is 5.28. The topological polar surface area (TPSA) is 101 Å². The van der Waals surface area contributed by atoms with Crippen LogP contribution in [0.3, 0.4) is 0 Å². The zero-order chi connectivity index (χ0) is 15.2. The van der Waals surface area contributed by atoms with E-state index in [2.05, 4.69) is 5.32 Å². The van der Waals surface area contributed by atoms with Crippen LogP contribution in [0.2, 0.25) is 0 Å². The summed E-state index contributed by atoms with van der Waals surface area (Å²) < 4.78 is 0. The van der Waals surface area contributed by atoms with E-state index in [1.165, 1.54) is 12.5 Å². The normalized spacial score (nSPS) is 14.8. The maximum atomic E-state index is 12.0. The van der Waals surface area contributed by atoms with E-state index in [4.69, 9.17) is 11.5 Å². The van der Waals surface area contributed by atoms with Crippen molar-refractivity contribution in [1.29, 1.82) is 0 Å². The van der Waals surface area contributed by atoms with Crippen molar-refractivity contribution in [3.63, 3.8) is 0 Å². The fourth-order valence-electron chi connectivity index (χ4n) is 2.48. The summed E-state index contributed by atoms with van der Waals surface area (Å²) in [5, 5.41) is 3.12. The third-order valence-corrected chi connectivity index (χ3v) is 3.70. The van der Waals surface area contributed by atoms with Crippen LogP contribution < -0.4 is 16.8 Å². The number of carbonyl (C=O) groups excluding carboxylic acids is 2. The number of amides is 2. The summed E-state index contributed by atoms with van der Waals surface area (Å²) in [7, 11) is 0. The van der Waals surface area contributed by atoms with Crippen LogP contribution in [-0.4, -0.2) is 36.3 Å². The minimum absolute atomic E-state index is 0.175. The zero-order valence-electron chi connectivity index (χ0n) is 12.1. The number of nitrogens with zero attached hydrogens (tertiary/aromatic N) is 1. The fourth-order valence-corrected chi connectivity index (χ4v) is 2.48. The fraction of sp³-hybridized carbons (Fsp3) is 0.467. The van der Waals surface area contributed by atoms with E-state index in [0.717, 1.165) is 25.9 Å². The zero-order valence-corrected chi connectivity index (χ0v) is 12.1. The molecule has 0 aliphatic carbocycles. The van der Waals surface area contributed by atoms with Crippen molar-refractivity contribution in [3.8, 4) is 0 Å². The van der Waals surface area contributed by atoms with Gasteiger partial charge in [0.25, 0.3) is 0 Å². The van der Waals surface area contributed by atoms with Gasteiger partial charge in [-0.05, 0) is 37.5 Å². The van der Waals surface area contributed by atoms with Gasteiger partial charge in [0.1, 0.15) is 0 Å². The summed E-state index contributed by atoms with van der Waals surface area (Å²) in [6, 6.07) is 4.87. The number of primary amides is 1. The summed E-state index contributed by atoms with van der Waals surface area (Å²) in [5.74, 6) is -0.331. The van der Waals surface area contributed by atoms with Crippen LogP contribution in [0.15, 0.2) is 18.2 Å². The molecule has 2 rings (SSSR count). The standard InChI is InChI=1S/C15H22N4O2/c16-12-10-11(15(17)21)4-5-13(12)18-7-6-14(20)19-8-2-1-3-9-19/h4-5,10,18H,1-3,6-9,16H2,(H2,17,21). The van der Waals surface area contributed by atoms with Gasteiger partial charge in [-0.25, -0.2) is 0 Å². The molecule has 21 heavy (non-hydrogen) atoms. The van der Waals surface area contributed by atoms with Gasteiger partial charge < -0.3 is 21.7 Å². The second-order valence-corrected chi connectivity index (χ2v) is 5.28. The molecule has 1 aliphatic heterocycles. The van der Waals surface area contributed by atoms with E-state index < -0.39 is 5.91 Å². The molecule has 6 heteroatoms. The number of anilines is 2. The minimum Gasteiger partial charge on any atom is -0.397 e. The van der Waals surface area contributed by atoms with Crippen molar-refractivity contribution in [3.05, 3.63) is 23.8 Å². The van der Waals surface area contributed by atoms with Crippen LogP contribution >= 0.6 is 0 Å². The van der Waals surface area contributed by atoms with Crippen molar-refractivity contribution < 1.29 is 9.59 Å². The summed E-state index contributed by atoms with van der Waals surface area (Å²) in [6.45, 7) is 2.26. The molecule has 114 valence electrons. The van der Waals surface area contributed by atoms with Crippen LogP contribution in [0.4, 0.5) is 11.4 Å². The van der Waals surface area contributed by atoms with Crippen molar-refractivity contribution in [1.82, 2.24) is 4.90 Å². The third-order valence-electron chi connectivity index (χ3n) is 3.70. The van der Waals surface area contributed by atoms with Gasteiger partial charge in [0.15, 0.2) is 0 Å². The maximum absolute atomic E-state index is 12.0. The lowest BCUT2D eigenvalue weighted by Crippen LogP contribution is -2.36. The molecule has 1 saturated heterocycles. The lowest BCUT2D eigenvalue weighted by atomic mass is 10.1. The average Bonchev–Trinajstić information content (AvgIpc) is 2.49. The van der Waals surface area contributed by atoms with Gasteiger partial charge in [0.2, 0.25) is 11.8 Å². The highest BCUT2D eigenvalue weighted by atomic mass is 16.2. The number of piperidine rings is 1. The Morgan fingerprint density at radius 3 is 2.52 bits per heavy atom. The van der Waals surface area contributed by atoms with Gasteiger partial charge in [-0.3, -0.25) is 9.59 Å². The van der Waals surface area contributed by atoms with Gasteiger partial charge in [0.05, 0.1) is 11.4 Å². The molecular formula is C15H22N4O2. The first-order valence-corrected chi connectivity index (χ1v) is 7.29. The predicted octanol–water partition coefficient (Wildman–Crippen LogP) is 1.18. The number of rotatable bonds is 5. The molecule has 0 bridgehead atoms. The highest BCUT2D eigenvalue weighted by Crippen LogP contribution is 2.19. The van der Waals surface area contributed by atoms with Crippen LogP contribution in [0.25, 0.3) is 0 Å². The number of nitrogens with one attached hydrogen (secondary N) is 1. The molecule has 0 aromatic heterocycles. The molecular weight excluding hydrogens is 268 g/mol. The molecule has 1 aromatic carbocycles. The van der Waals surface area contributed by atoms with Crippen LogP contribution in [0.5, 0.6) is 0 Å². The quantitative estimate of drug-likeness (QED) is 0.709. The lowest BCUT2D eigenvalue weighted by molar-refractivity contribution is -0.131. The first-order valence-electron chi connectivity index (χ1n) is 7.29. The Labute approximate surface area is 124 Å². The van der Waals surface area contributed by atoms with Crippen molar-refractivity contribution in [2.75, 3.05) is 30.7 Å². The van der Waals surface area contributed by atoms with Gasteiger partial charge >= 0.3 is 0 Å². The first-order chi connectivity index (χ1) is 10.1. The Balaban J connectivity index is 1.83. The number of hydrogen-bond donors (Lipinski definition) is 3. The van der Waals surface area contributed by atoms with Gasteiger partial charge in [-0.2, -0.15) is 0 Å². The third kappa shape index (κ3) is 4.11.